The largest absolute Gasteiger partial charge is 0.424 e. The standard InChI is InChI=1S/C27H38N3O10P/c1-5-16-22(32)21(28-3)24-25(23(16)33)38-26-27(34,39-24)19(9-13(2)37-26)30-20(31)11-15-10-14-7-6-8-18(17(14)12-29-15)40-41(4,35)36/h6-8,10,12-13,16,19,21-26,28,32-34H,5,9,11H2,1-4H3,(H,30,31)(H,35,36)/t13-,16-,19-,21+,22+,23+,24-,25-,26+,27+/m1/s1. The van der Waals surface area contributed by atoms with Gasteiger partial charge in [-0.05, 0) is 44.3 Å². The van der Waals surface area contributed by atoms with Crippen LogP contribution in [0.25, 0.3) is 10.8 Å². The van der Waals surface area contributed by atoms with Gasteiger partial charge < -0.3 is 49.6 Å². The number of amides is 1. The third kappa shape index (κ3) is 5.88. The van der Waals surface area contributed by atoms with Crippen molar-refractivity contribution in [3.8, 4) is 5.75 Å². The Morgan fingerprint density at radius 1 is 1.24 bits per heavy atom. The molecule has 13 nitrogen and oxygen atoms in total. The zero-order chi connectivity index (χ0) is 29.7. The van der Waals surface area contributed by atoms with Crippen molar-refractivity contribution in [2.75, 3.05) is 13.7 Å². The predicted octanol–water partition coefficient (Wildman–Crippen LogP) is 0.413. The number of ether oxygens (including phenoxy) is 3. The molecule has 1 aromatic carbocycles. The summed E-state index contributed by atoms with van der Waals surface area (Å²) in [5, 5.41) is 40.7. The van der Waals surface area contributed by atoms with Crippen LogP contribution < -0.4 is 15.2 Å². The van der Waals surface area contributed by atoms with Crippen LogP contribution in [0.15, 0.2) is 30.5 Å². The van der Waals surface area contributed by atoms with Gasteiger partial charge in [-0.25, -0.2) is 4.57 Å². The van der Waals surface area contributed by atoms with Crippen LogP contribution in [0.2, 0.25) is 0 Å². The fraction of sp³-hybridized carbons (Fsp3) is 0.630. The van der Waals surface area contributed by atoms with Gasteiger partial charge in [0.1, 0.15) is 18.0 Å². The molecule has 6 N–H and O–H groups in total. The lowest BCUT2D eigenvalue weighted by atomic mass is 9.74. The van der Waals surface area contributed by atoms with E-state index in [1.54, 1.807) is 38.2 Å². The van der Waals surface area contributed by atoms with E-state index in [0.717, 1.165) is 6.66 Å². The highest BCUT2D eigenvalue weighted by molar-refractivity contribution is 7.52. The fourth-order valence-electron chi connectivity index (χ4n) is 6.20. The van der Waals surface area contributed by atoms with Crippen molar-refractivity contribution < 1.29 is 48.3 Å². The predicted molar refractivity (Wildman–Crippen MR) is 146 cm³/mol. The first kappa shape index (κ1) is 30.3. The van der Waals surface area contributed by atoms with Crippen molar-refractivity contribution in [1.82, 2.24) is 15.6 Å². The number of nitrogens with one attached hydrogen (secondary N) is 2. The average Bonchev–Trinajstić information content (AvgIpc) is 2.88. The third-order valence-electron chi connectivity index (χ3n) is 8.16. The second-order valence-corrected chi connectivity index (χ2v) is 12.9. The second-order valence-electron chi connectivity index (χ2n) is 11.2. The number of aromatic nitrogens is 1. The number of pyridine rings is 1. The van der Waals surface area contributed by atoms with Crippen molar-refractivity contribution in [3.63, 3.8) is 0 Å². The van der Waals surface area contributed by atoms with Crippen molar-refractivity contribution in [1.29, 1.82) is 0 Å². The van der Waals surface area contributed by atoms with E-state index in [2.05, 4.69) is 15.6 Å². The first-order valence-corrected chi connectivity index (χ1v) is 15.8. The number of nitrogens with zero attached hydrogens (tertiary/aromatic N) is 1. The van der Waals surface area contributed by atoms with Crippen LogP contribution in [0.4, 0.5) is 0 Å². The minimum atomic E-state index is -3.78. The van der Waals surface area contributed by atoms with Crippen LogP contribution in [-0.2, 0) is 30.0 Å². The highest BCUT2D eigenvalue weighted by Gasteiger charge is 2.63. The van der Waals surface area contributed by atoms with Gasteiger partial charge in [0.25, 0.3) is 0 Å². The number of aliphatic hydroxyl groups excluding tert-OH is 2. The minimum Gasteiger partial charge on any atom is -0.424 e. The zero-order valence-electron chi connectivity index (χ0n) is 23.3. The average molecular weight is 596 g/mol. The van der Waals surface area contributed by atoms with Crippen LogP contribution in [-0.4, -0.2) is 99.5 Å². The zero-order valence-corrected chi connectivity index (χ0v) is 24.2. The number of carbonyl (C=O) groups is 1. The van der Waals surface area contributed by atoms with Gasteiger partial charge in [0.05, 0.1) is 42.5 Å². The number of carbonyl (C=O) groups excluding carboxylic acids is 1. The molecule has 1 unspecified atom stereocenters. The lowest BCUT2D eigenvalue weighted by molar-refractivity contribution is -0.450. The van der Waals surface area contributed by atoms with Crippen molar-refractivity contribution in [3.05, 3.63) is 36.2 Å². The lowest BCUT2D eigenvalue weighted by Crippen LogP contribution is -2.77. The van der Waals surface area contributed by atoms with Crippen LogP contribution in [0, 0.1) is 5.92 Å². The Bertz CT molecular complexity index is 1330. The van der Waals surface area contributed by atoms with Gasteiger partial charge in [-0.3, -0.25) is 9.78 Å². The van der Waals surface area contributed by atoms with E-state index in [9.17, 15) is 29.6 Å². The number of rotatable bonds is 7. The number of hydrogen-bond acceptors (Lipinski definition) is 11. The minimum absolute atomic E-state index is 0.124. The number of likely N-dealkylation sites (N-methyl/N-ethyl adjacent to an activating group) is 1. The summed E-state index contributed by atoms with van der Waals surface area (Å²) in [5.74, 6) is -2.78. The molecule has 2 saturated heterocycles. The Morgan fingerprint density at radius 2 is 2.00 bits per heavy atom. The van der Waals surface area contributed by atoms with Gasteiger partial charge in [0, 0.05) is 24.2 Å². The molecule has 0 radical (unpaired) electrons. The van der Waals surface area contributed by atoms with E-state index in [4.69, 9.17) is 18.7 Å². The van der Waals surface area contributed by atoms with E-state index >= 15 is 0 Å². The van der Waals surface area contributed by atoms with Gasteiger partial charge >= 0.3 is 7.60 Å². The summed E-state index contributed by atoms with van der Waals surface area (Å²) in [7, 11) is -2.12. The van der Waals surface area contributed by atoms with Crippen molar-refractivity contribution >= 4 is 24.3 Å². The Balaban J connectivity index is 1.34. The number of aliphatic hydroxyl groups is 3. The molecule has 11 atom stereocenters. The molecule has 1 aliphatic carbocycles. The molecule has 0 bridgehead atoms. The Hall–Kier alpha value is -2.19. The lowest BCUT2D eigenvalue weighted by Gasteiger charge is -2.58. The molecule has 3 fully saturated rings. The molecule has 5 rings (SSSR count). The highest BCUT2D eigenvalue weighted by Crippen LogP contribution is 2.44. The van der Waals surface area contributed by atoms with E-state index < -0.39 is 74.1 Å². The molecule has 1 saturated carbocycles. The normalized spacial score (nSPS) is 38.4. The Kier molecular flexibility index (Phi) is 8.47. The summed E-state index contributed by atoms with van der Waals surface area (Å²) < 4.78 is 35.1. The molecule has 3 heterocycles. The highest BCUT2D eigenvalue weighted by atomic mass is 31.2. The van der Waals surface area contributed by atoms with Gasteiger partial charge in [-0.15, -0.1) is 0 Å². The maximum Gasteiger partial charge on any atom is 0.373 e. The summed E-state index contributed by atoms with van der Waals surface area (Å²) in [6, 6.07) is 5.12. The van der Waals surface area contributed by atoms with Crippen LogP contribution in [0.5, 0.6) is 5.75 Å². The van der Waals surface area contributed by atoms with Gasteiger partial charge in [0.15, 0.2) is 0 Å². The summed E-state index contributed by atoms with van der Waals surface area (Å²) in [6.45, 7) is 4.74. The molecule has 1 aromatic heterocycles. The molecule has 2 aliphatic heterocycles. The first-order chi connectivity index (χ1) is 19.3. The molecular weight excluding hydrogens is 557 g/mol. The maximum atomic E-state index is 13.2. The smallest absolute Gasteiger partial charge is 0.373 e. The van der Waals surface area contributed by atoms with Crippen LogP contribution >= 0.6 is 7.60 Å². The summed E-state index contributed by atoms with van der Waals surface area (Å²) in [4.78, 5) is 27.1. The van der Waals surface area contributed by atoms with E-state index in [-0.39, 0.29) is 18.6 Å². The van der Waals surface area contributed by atoms with Gasteiger partial charge in [-0.2, -0.15) is 0 Å². The first-order valence-electron chi connectivity index (χ1n) is 13.8. The maximum absolute atomic E-state index is 13.2. The summed E-state index contributed by atoms with van der Waals surface area (Å²) in [5.41, 5.74) is 0.430. The number of fused-ring (bicyclic) bond motifs is 3. The molecule has 3 aliphatic rings. The topological polar surface area (TPSA) is 189 Å². The van der Waals surface area contributed by atoms with Crippen LogP contribution in [0.1, 0.15) is 32.4 Å². The summed E-state index contributed by atoms with van der Waals surface area (Å²) >= 11 is 0. The molecule has 41 heavy (non-hydrogen) atoms. The van der Waals surface area contributed by atoms with Crippen molar-refractivity contribution in [2.24, 2.45) is 5.92 Å². The molecular formula is C27H38N3O10P. The second kappa shape index (κ2) is 11.5. The van der Waals surface area contributed by atoms with E-state index in [1.807, 2.05) is 6.92 Å². The van der Waals surface area contributed by atoms with Crippen molar-refractivity contribution in [2.45, 2.75) is 87.8 Å². The number of benzene rings is 1. The Labute approximate surface area is 237 Å². The van der Waals surface area contributed by atoms with Crippen LogP contribution in [0.3, 0.4) is 0 Å². The molecule has 1 amide bonds. The monoisotopic (exact) mass is 595 g/mol. The van der Waals surface area contributed by atoms with E-state index in [0.29, 0.717) is 22.9 Å². The molecule has 0 spiro atoms. The fourth-order valence-corrected chi connectivity index (χ4v) is 6.72. The van der Waals surface area contributed by atoms with Gasteiger partial charge in [0.2, 0.25) is 18.0 Å². The Morgan fingerprint density at radius 3 is 2.68 bits per heavy atom. The number of hydrogen-bond donors (Lipinski definition) is 6. The molecule has 226 valence electrons. The summed E-state index contributed by atoms with van der Waals surface area (Å²) in [6.07, 6.45) is -3.39. The SMILES string of the molecule is CC[C@@H]1[C@H](O)[C@H](NC)[C@H]2O[C@]3(O)[C@H](O[C@@H]2[C@H]1O)O[C@H](C)C[C@H]3NC(=O)Cc1cc2cccc(OP(C)(=O)O)c2cn1. The third-order valence-corrected chi connectivity index (χ3v) is 8.69. The quantitative estimate of drug-likeness (QED) is 0.242. The van der Waals surface area contributed by atoms with E-state index in [1.165, 1.54) is 6.20 Å². The molecule has 2 aromatic rings. The molecule has 14 heteroatoms. The van der Waals surface area contributed by atoms with Gasteiger partial charge in [-0.1, -0.05) is 19.1 Å².